The van der Waals surface area contributed by atoms with E-state index in [0.717, 1.165) is 6.20 Å². The van der Waals surface area contributed by atoms with Crippen LogP contribution in [-0.2, 0) is 0 Å². The second-order valence-electron chi connectivity index (χ2n) is 3.30. The van der Waals surface area contributed by atoms with Gasteiger partial charge in [0.25, 0.3) is 0 Å². The summed E-state index contributed by atoms with van der Waals surface area (Å²) in [6.07, 6.45) is 1.07. The molecule has 2 aromatic rings. The summed E-state index contributed by atoms with van der Waals surface area (Å²) in [5.41, 5.74) is 6.13. The molecule has 2 rings (SSSR count). The van der Waals surface area contributed by atoms with Gasteiger partial charge in [0.05, 0.1) is 6.20 Å². The minimum absolute atomic E-state index is 0.0987. The smallest absolute Gasteiger partial charge is 0.356 e. The number of nitrogens with zero attached hydrogens (tertiary/aromatic N) is 2. The predicted octanol–water partition coefficient (Wildman–Crippen LogP) is 1.56. The van der Waals surface area contributed by atoms with Gasteiger partial charge in [0.2, 0.25) is 0 Å². The number of nitrogen functional groups attached to an aromatic ring is 1. The lowest BCUT2D eigenvalue weighted by Crippen LogP contribution is -2.05. The van der Waals surface area contributed by atoms with Crippen molar-refractivity contribution in [3.8, 4) is 11.3 Å². The average Bonchev–Trinajstić information content (AvgIpc) is 2.31. The molecule has 1 aromatic carbocycles. The van der Waals surface area contributed by atoms with Gasteiger partial charge in [0.1, 0.15) is 17.3 Å². The molecule has 0 aliphatic heterocycles. The highest BCUT2D eigenvalue weighted by Crippen LogP contribution is 2.22. The number of carbonyl (C=O) groups is 1. The van der Waals surface area contributed by atoms with Crippen LogP contribution in [0, 0.1) is 5.82 Å². The molecule has 1 aromatic heterocycles. The van der Waals surface area contributed by atoms with Gasteiger partial charge in [-0.2, -0.15) is 0 Å². The van der Waals surface area contributed by atoms with E-state index in [9.17, 15) is 9.18 Å². The van der Waals surface area contributed by atoms with E-state index in [1.807, 2.05) is 0 Å². The van der Waals surface area contributed by atoms with E-state index in [0.29, 0.717) is 5.56 Å². The summed E-state index contributed by atoms with van der Waals surface area (Å²) in [5.74, 6) is -1.49. The maximum absolute atomic E-state index is 12.7. The third-order valence-electron chi connectivity index (χ3n) is 2.14. The number of aromatic carboxylic acids is 1. The molecular formula is C11H8FN3O2. The first-order valence-corrected chi connectivity index (χ1v) is 4.69. The van der Waals surface area contributed by atoms with Crippen molar-refractivity contribution in [2.75, 3.05) is 5.73 Å². The molecule has 0 atom stereocenters. The Morgan fingerprint density at radius 3 is 2.53 bits per heavy atom. The highest BCUT2D eigenvalue weighted by molar-refractivity contribution is 5.86. The van der Waals surface area contributed by atoms with Crippen LogP contribution in [0.25, 0.3) is 11.3 Å². The van der Waals surface area contributed by atoms with Gasteiger partial charge in [0.15, 0.2) is 5.69 Å². The summed E-state index contributed by atoms with van der Waals surface area (Å²) in [4.78, 5) is 18.3. The fourth-order valence-electron chi connectivity index (χ4n) is 1.32. The van der Waals surface area contributed by atoms with Gasteiger partial charge < -0.3 is 10.8 Å². The summed E-state index contributed by atoms with van der Waals surface area (Å²) in [6, 6.07) is 5.40. The van der Waals surface area contributed by atoms with E-state index < -0.39 is 11.8 Å². The first-order chi connectivity index (χ1) is 8.08. The molecular weight excluding hydrogens is 225 g/mol. The Labute approximate surface area is 95.8 Å². The largest absolute Gasteiger partial charge is 0.476 e. The normalized spacial score (nSPS) is 10.2. The second-order valence-corrected chi connectivity index (χ2v) is 3.30. The van der Waals surface area contributed by atoms with E-state index >= 15 is 0 Å². The molecule has 0 spiro atoms. The molecule has 17 heavy (non-hydrogen) atoms. The number of benzene rings is 1. The fourth-order valence-corrected chi connectivity index (χ4v) is 1.32. The highest BCUT2D eigenvalue weighted by atomic mass is 19.1. The van der Waals surface area contributed by atoms with Crippen LogP contribution in [0.4, 0.5) is 10.2 Å². The van der Waals surface area contributed by atoms with Crippen molar-refractivity contribution in [2.45, 2.75) is 0 Å². The van der Waals surface area contributed by atoms with E-state index in [4.69, 9.17) is 10.8 Å². The van der Waals surface area contributed by atoms with Crippen LogP contribution in [0.2, 0.25) is 0 Å². The molecule has 1 heterocycles. The van der Waals surface area contributed by atoms with Crippen LogP contribution >= 0.6 is 0 Å². The Hall–Kier alpha value is -2.50. The molecule has 86 valence electrons. The highest BCUT2D eigenvalue weighted by Gasteiger charge is 2.11. The Morgan fingerprint density at radius 2 is 1.94 bits per heavy atom. The van der Waals surface area contributed by atoms with Crippen molar-refractivity contribution < 1.29 is 14.3 Å². The minimum Gasteiger partial charge on any atom is -0.476 e. The van der Waals surface area contributed by atoms with E-state index in [1.54, 1.807) is 0 Å². The van der Waals surface area contributed by atoms with Gasteiger partial charge in [-0.1, -0.05) is 0 Å². The Bertz CT molecular complexity index is 569. The number of anilines is 1. The van der Waals surface area contributed by atoms with Gasteiger partial charge >= 0.3 is 5.97 Å². The molecule has 3 N–H and O–H groups in total. The lowest BCUT2D eigenvalue weighted by atomic mass is 10.1. The zero-order chi connectivity index (χ0) is 12.4. The third kappa shape index (κ3) is 2.20. The quantitative estimate of drug-likeness (QED) is 0.821. The average molecular weight is 233 g/mol. The SMILES string of the molecule is Nc1ncc(C(=O)O)nc1-c1ccc(F)cc1. The minimum atomic E-state index is -1.19. The zero-order valence-electron chi connectivity index (χ0n) is 8.59. The van der Waals surface area contributed by atoms with Crippen LogP contribution in [0.5, 0.6) is 0 Å². The topological polar surface area (TPSA) is 89.1 Å². The fraction of sp³-hybridized carbons (Fsp3) is 0. The summed E-state index contributed by atoms with van der Waals surface area (Å²) in [6.45, 7) is 0. The number of carboxylic acid groups (broad SMARTS) is 1. The van der Waals surface area contributed by atoms with Gasteiger partial charge in [-0.05, 0) is 24.3 Å². The molecule has 0 unspecified atom stereocenters. The first kappa shape index (κ1) is 11.0. The molecule has 0 bridgehead atoms. The number of rotatable bonds is 2. The summed E-state index contributed by atoms with van der Waals surface area (Å²) in [5, 5.41) is 8.79. The Kier molecular flexibility index (Phi) is 2.70. The van der Waals surface area contributed by atoms with E-state index in [-0.39, 0.29) is 17.2 Å². The van der Waals surface area contributed by atoms with Crippen LogP contribution in [0.1, 0.15) is 10.5 Å². The molecule has 0 saturated carbocycles. The summed E-state index contributed by atoms with van der Waals surface area (Å²) < 4.78 is 12.7. The lowest BCUT2D eigenvalue weighted by molar-refractivity contribution is 0.0690. The van der Waals surface area contributed by atoms with Gasteiger partial charge in [-0.25, -0.2) is 19.2 Å². The number of aromatic nitrogens is 2. The number of hydrogen-bond donors (Lipinski definition) is 2. The number of nitrogens with two attached hydrogens (primary N) is 1. The predicted molar refractivity (Wildman–Crippen MR) is 58.8 cm³/mol. The van der Waals surface area contributed by atoms with E-state index in [1.165, 1.54) is 24.3 Å². The van der Waals surface area contributed by atoms with Gasteiger partial charge in [0, 0.05) is 5.56 Å². The van der Waals surface area contributed by atoms with Crippen LogP contribution in [-0.4, -0.2) is 21.0 Å². The molecule has 0 radical (unpaired) electrons. The molecule has 0 aliphatic carbocycles. The standard InChI is InChI=1S/C11H8FN3O2/c12-7-3-1-6(2-4-7)9-10(13)14-5-8(15-9)11(16)17/h1-5H,(H2,13,14)(H,16,17). The maximum atomic E-state index is 12.7. The first-order valence-electron chi connectivity index (χ1n) is 4.69. The Balaban J connectivity index is 2.54. The van der Waals surface area contributed by atoms with Crippen molar-refractivity contribution >= 4 is 11.8 Å². The van der Waals surface area contributed by atoms with Crippen molar-refractivity contribution in [3.63, 3.8) is 0 Å². The maximum Gasteiger partial charge on any atom is 0.356 e. The number of carboxylic acids is 1. The molecule has 0 amide bonds. The third-order valence-corrected chi connectivity index (χ3v) is 2.14. The monoisotopic (exact) mass is 233 g/mol. The van der Waals surface area contributed by atoms with E-state index in [2.05, 4.69) is 9.97 Å². The molecule has 5 nitrogen and oxygen atoms in total. The second kappa shape index (κ2) is 4.17. The van der Waals surface area contributed by atoms with Crippen molar-refractivity contribution in [1.82, 2.24) is 9.97 Å². The van der Waals surface area contributed by atoms with Crippen LogP contribution in [0.15, 0.2) is 30.5 Å². The molecule has 6 heteroatoms. The van der Waals surface area contributed by atoms with Crippen molar-refractivity contribution in [3.05, 3.63) is 42.0 Å². The zero-order valence-corrected chi connectivity index (χ0v) is 8.59. The van der Waals surface area contributed by atoms with Crippen LogP contribution in [0.3, 0.4) is 0 Å². The van der Waals surface area contributed by atoms with Crippen molar-refractivity contribution in [2.24, 2.45) is 0 Å². The lowest BCUT2D eigenvalue weighted by Gasteiger charge is -2.04. The molecule has 0 saturated heterocycles. The number of hydrogen-bond acceptors (Lipinski definition) is 4. The number of halogens is 1. The van der Waals surface area contributed by atoms with Gasteiger partial charge in [-0.15, -0.1) is 0 Å². The Morgan fingerprint density at radius 1 is 1.29 bits per heavy atom. The van der Waals surface area contributed by atoms with Gasteiger partial charge in [-0.3, -0.25) is 0 Å². The van der Waals surface area contributed by atoms with Crippen molar-refractivity contribution in [1.29, 1.82) is 0 Å². The summed E-state index contributed by atoms with van der Waals surface area (Å²) >= 11 is 0. The molecule has 0 aliphatic rings. The van der Waals surface area contributed by atoms with Crippen LogP contribution < -0.4 is 5.73 Å². The molecule has 0 fully saturated rings. The summed E-state index contributed by atoms with van der Waals surface area (Å²) in [7, 11) is 0.